The maximum absolute atomic E-state index is 12.8. The predicted octanol–water partition coefficient (Wildman–Crippen LogP) is 7.95. The molecule has 0 atom stereocenters. The first kappa shape index (κ1) is 28.1. The third-order valence-corrected chi connectivity index (χ3v) is 6.19. The van der Waals surface area contributed by atoms with Crippen LogP contribution < -0.4 is 5.25 Å². The minimum atomic E-state index is -3.36. The second kappa shape index (κ2) is 21.8. The van der Waals surface area contributed by atoms with Crippen LogP contribution in [0.4, 0.5) is 0 Å². The van der Waals surface area contributed by atoms with Crippen LogP contribution in [0.3, 0.4) is 0 Å². The summed E-state index contributed by atoms with van der Waals surface area (Å²) in [6, 6.07) is 0. The van der Waals surface area contributed by atoms with Gasteiger partial charge < -0.3 is 0 Å². The van der Waals surface area contributed by atoms with Gasteiger partial charge in [0.05, 0.1) is 19.8 Å². The molecule has 28 heavy (non-hydrogen) atoms. The normalized spacial score (nSPS) is 12.0. The zero-order valence-corrected chi connectivity index (χ0v) is 19.9. The Bertz CT molecular complexity index is 337. The molecule has 0 unspecified atom stereocenters. The molecule has 5 nitrogen and oxygen atoms in total. The van der Waals surface area contributed by atoms with E-state index in [1.807, 2.05) is 0 Å². The lowest BCUT2D eigenvalue weighted by atomic mass is 10.1. The molecule has 0 saturated heterocycles. The summed E-state index contributed by atoms with van der Waals surface area (Å²) in [6.45, 7) is 8.02. The number of hydrogen-bond donors (Lipinski definition) is 1. The van der Waals surface area contributed by atoms with Crippen LogP contribution in [0.1, 0.15) is 124 Å². The lowest BCUT2D eigenvalue weighted by Gasteiger charge is -2.19. The maximum Gasteiger partial charge on any atom is 0.428 e. The highest BCUT2D eigenvalue weighted by Crippen LogP contribution is 2.44. The summed E-state index contributed by atoms with van der Waals surface area (Å²) in [6.07, 6.45) is 18.6. The van der Waals surface area contributed by atoms with Gasteiger partial charge >= 0.3 is 7.75 Å². The van der Waals surface area contributed by atoms with E-state index >= 15 is 0 Å². The largest absolute Gasteiger partial charge is 0.428 e. The molecule has 170 valence electrons. The van der Waals surface area contributed by atoms with Gasteiger partial charge in [-0.2, -0.15) is 0 Å². The van der Waals surface area contributed by atoms with Crippen LogP contribution in [0.5, 0.6) is 0 Å². The molecule has 0 aliphatic carbocycles. The SMILES string of the molecule is CCCCCCCCCCONP(=O)(OCCCCCC)OCCCCCC. The highest BCUT2D eigenvalue weighted by molar-refractivity contribution is 7.51. The Morgan fingerprint density at radius 3 is 1.36 bits per heavy atom. The summed E-state index contributed by atoms with van der Waals surface area (Å²) in [5.41, 5.74) is 0. The van der Waals surface area contributed by atoms with Crippen molar-refractivity contribution in [1.82, 2.24) is 5.25 Å². The number of nitrogens with one attached hydrogen (secondary N) is 1. The summed E-state index contributed by atoms with van der Waals surface area (Å²) < 4.78 is 24.0. The molecule has 0 heterocycles. The third-order valence-electron chi connectivity index (χ3n) is 4.79. The molecule has 6 heteroatoms. The first-order chi connectivity index (χ1) is 13.7. The zero-order valence-electron chi connectivity index (χ0n) is 19.0. The van der Waals surface area contributed by atoms with Gasteiger partial charge in [-0.1, -0.05) is 104 Å². The fourth-order valence-corrected chi connectivity index (χ4v) is 4.12. The number of rotatable bonds is 23. The minimum Gasteiger partial charge on any atom is -0.295 e. The Labute approximate surface area is 175 Å². The van der Waals surface area contributed by atoms with E-state index in [1.165, 1.54) is 64.2 Å². The molecule has 0 saturated carbocycles. The van der Waals surface area contributed by atoms with E-state index < -0.39 is 7.75 Å². The highest BCUT2D eigenvalue weighted by Gasteiger charge is 2.24. The summed E-state index contributed by atoms with van der Waals surface area (Å²) in [4.78, 5) is 5.44. The van der Waals surface area contributed by atoms with Crippen LogP contribution in [-0.2, 0) is 18.5 Å². The quantitative estimate of drug-likeness (QED) is 0.103. The standard InChI is InChI=1S/C22H48NO4P/c1-4-7-10-13-14-15-16-17-20-25-23-28(24,26-21-18-11-8-5-2)27-22-19-12-9-6-3/h4-22H2,1-3H3,(H,23,24). The molecule has 1 N–H and O–H groups in total. The molecule has 0 aliphatic heterocycles. The van der Waals surface area contributed by atoms with Gasteiger partial charge in [-0.15, -0.1) is 5.25 Å². The Balaban J connectivity index is 3.93. The van der Waals surface area contributed by atoms with Gasteiger partial charge in [-0.25, -0.2) is 4.57 Å². The second-order valence-electron chi connectivity index (χ2n) is 7.70. The topological polar surface area (TPSA) is 56.8 Å². The van der Waals surface area contributed by atoms with E-state index in [1.54, 1.807) is 0 Å². The van der Waals surface area contributed by atoms with Crippen molar-refractivity contribution in [2.75, 3.05) is 19.8 Å². The van der Waals surface area contributed by atoms with Crippen molar-refractivity contribution in [3.05, 3.63) is 0 Å². The molecule has 0 radical (unpaired) electrons. The summed E-state index contributed by atoms with van der Waals surface area (Å²) in [7, 11) is -3.36. The third kappa shape index (κ3) is 19.4. The summed E-state index contributed by atoms with van der Waals surface area (Å²) in [5, 5.41) is 2.61. The lowest BCUT2D eigenvalue weighted by Crippen LogP contribution is -2.17. The average Bonchev–Trinajstić information content (AvgIpc) is 2.69. The molecular weight excluding hydrogens is 373 g/mol. The monoisotopic (exact) mass is 421 g/mol. The Morgan fingerprint density at radius 2 is 0.893 bits per heavy atom. The maximum atomic E-state index is 12.8. The number of unbranched alkanes of at least 4 members (excludes halogenated alkanes) is 13. The van der Waals surface area contributed by atoms with Gasteiger partial charge in [0.25, 0.3) is 0 Å². The summed E-state index contributed by atoms with van der Waals surface area (Å²) >= 11 is 0. The van der Waals surface area contributed by atoms with Crippen LogP contribution >= 0.6 is 7.75 Å². The van der Waals surface area contributed by atoms with Crippen molar-refractivity contribution in [2.45, 2.75) is 124 Å². The fourth-order valence-electron chi connectivity index (χ4n) is 2.95. The van der Waals surface area contributed by atoms with Crippen molar-refractivity contribution in [3.8, 4) is 0 Å². The van der Waals surface area contributed by atoms with Gasteiger partial charge in [0, 0.05) is 0 Å². The highest BCUT2D eigenvalue weighted by atomic mass is 31.2. The van der Waals surface area contributed by atoms with Crippen molar-refractivity contribution < 1.29 is 18.5 Å². The lowest BCUT2D eigenvalue weighted by molar-refractivity contribution is 0.0524. The molecule has 0 bridgehead atoms. The van der Waals surface area contributed by atoms with E-state index in [0.29, 0.717) is 19.8 Å². The van der Waals surface area contributed by atoms with Crippen molar-refractivity contribution in [3.63, 3.8) is 0 Å². The Hall–Kier alpha value is 0.0700. The molecule has 0 aliphatic rings. The van der Waals surface area contributed by atoms with Gasteiger partial charge in [0.1, 0.15) is 0 Å². The van der Waals surface area contributed by atoms with E-state index in [2.05, 4.69) is 26.0 Å². The molecule has 0 aromatic heterocycles. The first-order valence-electron chi connectivity index (χ1n) is 12.0. The minimum absolute atomic E-state index is 0.445. The van der Waals surface area contributed by atoms with Gasteiger partial charge in [-0.3, -0.25) is 13.9 Å². The Kier molecular flexibility index (Phi) is 21.8. The summed E-state index contributed by atoms with van der Waals surface area (Å²) in [5.74, 6) is 0. The first-order valence-corrected chi connectivity index (χ1v) is 13.5. The Morgan fingerprint density at radius 1 is 0.536 bits per heavy atom. The van der Waals surface area contributed by atoms with Crippen LogP contribution in [0, 0.1) is 0 Å². The van der Waals surface area contributed by atoms with E-state index in [0.717, 1.165) is 38.5 Å². The second-order valence-corrected chi connectivity index (χ2v) is 9.39. The zero-order chi connectivity index (χ0) is 20.8. The van der Waals surface area contributed by atoms with E-state index in [-0.39, 0.29) is 0 Å². The van der Waals surface area contributed by atoms with Crippen LogP contribution in [-0.4, -0.2) is 19.8 Å². The van der Waals surface area contributed by atoms with Gasteiger partial charge in [0.2, 0.25) is 0 Å². The number of hydrogen-bond acceptors (Lipinski definition) is 4. The molecule has 0 aromatic carbocycles. The smallest absolute Gasteiger partial charge is 0.295 e. The molecular formula is C22H48NO4P. The molecule has 0 amide bonds. The van der Waals surface area contributed by atoms with E-state index in [4.69, 9.17) is 13.9 Å². The molecule has 0 fully saturated rings. The predicted molar refractivity (Wildman–Crippen MR) is 119 cm³/mol. The van der Waals surface area contributed by atoms with Crippen LogP contribution in [0.2, 0.25) is 0 Å². The average molecular weight is 422 g/mol. The van der Waals surface area contributed by atoms with E-state index in [9.17, 15) is 4.57 Å². The fraction of sp³-hybridized carbons (Fsp3) is 1.00. The van der Waals surface area contributed by atoms with Gasteiger partial charge in [0.15, 0.2) is 0 Å². The molecule has 0 aromatic rings. The van der Waals surface area contributed by atoms with Gasteiger partial charge in [-0.05, 0) is 19.3 Å². The van der Waals surface area contributed by atoms with Crippen molar-refractivity contribution >= 4 is 7.75 Å². The van der Waals surface area contributed by atoms with Crippen molar-refractivity contribution in [1.29, 1.82) is 0 Å². The van der Waals surface area contributed by atoms with Crippen LogP contribution in [0.25, 0.3) is 0 Å². The molecule has 0 spiro atoms. The molecule has 0 rings (SSSR count). The van der Waals surface area contributed by atoms with Crippen molar-refractivity contribution in [2.24, 2.45) is 0 Å². The van der Waals surface area contributed by atoms with Crippen LogP contribution in [0.15, 0.2) is 0 Å².